The molecule has 0 aliphatic carbocycles. The first-order valence-corrected chi connectivity index (χ1v) is 12.1. The summed E-state index contributed by atoms with van der Waals surface area (Å²) in [7, 11) is 0. The number of carbonyl (C=O) groups excluding carboxylic acids is 6. The van der Waals surface area contributed by atoms with Crippen molar-refractivity contribution in [3.63, 3.8) is 0 Å². The first-order chi connectivity index (χ1) is 15.9. The molecular formula is C26H48N4O6. The Kier molecular flexibility index (Phi) is 13.8. The van der Waals surface area contributed by atoms with E-state index in [2.05, 4.69) is 21.3 Å². The minimum Gasteiger partial charge on any atom is -0.351 e. The monoisotopic (exact) mass is 512 g/mol. The van der Waals surface area contributed by atoms with Gasteiger partial charge in [0.25, 0.3) is 0 Å². The van der Waals surface area contributed by atoms with E-state index in [1.54, 1.807) is 55.4 Å². The fourth-order valence-corrected chi connectivity index (χ4v) is 4.18. The molecular weight excluding hydrogens is 464 g/mol. The fraction of sp³-hybridized carbons (Fsp3) is 0.769. The smallest absolute Gasteiger partial charge is 0.217 e. The van der Waals surface area contributed by atoms with Gasteiger partial charge in [0.15, 0.2) is 0 Å². The molecule has 0 spiro atoms. The molecule has 0 fully saturated rings. The molecule has 4 N–H and O–H groups in total. The van der Waals surface area contributed by atoms with Crippen molar-refractivity contribution >= 4 is 35.2 Å². The first kappa shape index (κ1) is 35.4. The van der Waals surface area contributed by atoms with Gasteiger partial charge in [-0.3, -0.25) is 28.8 Å². The van der Waals surface area contributed by atoms with Crippen LogP contribution in [-0.2, 0) is 28.8 Å². The second kappa shape index (κ2) is 14.1. The minimum absolute atomic E-state index is 0.00694. The number of amides is 4. The van der Waals surface area contributed by atoms with E-state index in [1.807, 2.05) is 0 Å². The summed E-state index contributed by atoms with van der Waals surface area (Å²) in [6.07, 6.45) is 0.983. The molecule has 36 heavy (non-hydrogen) atoms. The zero-order valence-corrected chi connectivity index (χ0v) is 24.3. The molecule has 0 aromatic rings. The van der Waals surface area contributed by atoms with Crippen molar-refractivity contribution in [2.45, 2.75) is 131 Å². The highest BCUT2D eigenvalue weighted by Gasteiger charge is 2.29. The highest BCUT2D eigenvalue weighted by Crippen LogP contribution is 2.17. The summed E-state index contributed by atoms with van der Waals surface area (Å²) < 4.78 is 0. The van der Waals surface area contributed by atoms with Crippen LogP contribution in [0, 0.1) is 0 Å². The Balaban J connectivity index is 0. The zero-order chi connectivity index (χ0) is 29.1. The van der Waals surface area contributed by atoms with Crippen molar-refractivity contribution in [1.29, 1.82) is 0 Å². The normalized spacial score (nSPS) is 11.9. The lowest BCUT2D eigenvalue weighted by Crippen LogP contribution is -2.47. The lowest BCUT2D eigenvalue weighted by molar-refractivity contribution is -0.126. The largest absolute Gasteiger partial charge is 0.351 e. The molecule has 0 radical (unpaired) electrons. The van der Waals surface area contributed by atoms with Crippen LogP contribution in [0.15, 0.2) is 0 Å². The Morgan fingerprint density at radius 1 is 0.389 bits per heavy atom. The minimum atomic E-state index is -0.560. The maximum Gasteiger partial charge on any atom is 0.217 e. The van der Waals surface area contributed by atoms with Crippen LogP contribution < -0.4 is 21.3 Å². The summed E-state index contributed by atoms with van der Waals surface area (Å²) in [5.74, 6) is -0.620. The van der Waals surface area contributed by atoms with Crippen molar-refractivity contribution in [3.05, 3.63) is 0 Å². The second-order valence-electron chi connectivity index (χ2n) is 12.0. The van der Waals surface area contributed by atoms with Crippen LogP contribution in [0.3, 0.4) is 0 Å². The van der Waals surface area contributed by atoms with Gasteiger partial charge in [0.1, 0.15) is 11.6 Å². The third-order valence-electron chi connectivity index (χ3n) is 4.61. The Bertz CT molecular complexity index is 696. The lowest BCUT2D eigenvalue weighted by Gasteiger charge is -2.29. The summed E-state index contributed by atoms with van der Waals surface area (Å²) in [6, 6.07) is 0. The average molecular weight is 513 g/mol. The summed E-state index contributed by atoms with van der Waals surface area (Å²) in [5.41, 5.74) is -2.24. The maximum absolute atomic E-state index is 11.9. The Morgan fingerprint density at radius 3 is 0.639 bits per heavy atom. The van der Waals surface area contributed by atoms with Crippen LogP contribution in [0.1, 0.15) is 109 Å². The molecule has 0 aliphatic heterocycles. The zero-order valence-electron chi connectivity index (χ0n) is 24.3. The number of nitrogens with one attached hydrogen (secondary N) is 4. The SMILES string of the molecule is CC(=O)NC(C)(C)CC(=O)CC(C)(C)NC(C)=O.CC(=O)NC(C)(C)CC(=O)CC(C)(C)NC(C)=O. The van der Waals surface area contributed by atoms with Crippen LogP contribution in [-0.4, -0.2) is 57.4 Å². The van der Waals surface area contributed by atoms with E-state index < -0.39 is 22.2 Å². The van der Waals surface area contributed by atoms with Gasteiger partial charge in [-0.05, 0) is 55.4 Å². The second-order valence-corrected chi connectivity index (χ2v) is 12.0. The average Bonchev–Trinajstić information content (AvgIpc) is 2.45. The van der Waals surface area contributed by atoms with Gasteiger partial charge in [0.05, 0.1) is 0 Å². The Labute approximate surface area is 216 Å². The van der Waals surface area contributed by atoms with Gasteiger partial charge in [-0.2, -0.15) is 0 Å². The standard InChI is InChI=1S/2C13H24N2O3/c2*1-9(16)14-12(3,4)7-11(18)8-13(5,6)15-10(2)17/h2*7-8H2,1-6H3,(H,14,16)(H,15,17). The molecule has 0 aromatic heterocycles. The van der Waals surface area contributed by atoms with Gasteiger partial charge >= 0.3 is 0 Å². The third kappa shape index (κ3) is 20.6. The molecule has 208 valence electrons. The first-order valence-electron chi connectivity index (χ1n) is 12.1. The molecule has 0 heterocycles. The molecule has 10 nitrogen and oxygen atoms in total. The highest BCUT2D eigenvalue weighted by atomic mass is 16.2. The van der Waals surface area contributed by atoms with Crippen molar-refractivity contribution in [3.8, 4) is 0 Å². The molecule has 0 rings (SSSR count). The molecule has 0 bridgehead atoms. The van der Waals surface area contributed by atoms with Crippen molar-refractivity contribution < 1.29 is 28.8 Å². The van der Waals surface area contributed by atoms with E-state index >= 15 is 0 Å². The predicted molar refractivity (Wildman–Crippen MR) is 140 cm³/mol. The summed E-state index contributed by atoms with van der Waals surface area (Å²) in [6.45, 7) is 20.1. The van der Waals surface area contributed by atoms with Crippen molar-refractivity contribution in [2.75, 3.05) is 0 Å². The molecule has 0 atom stereocenters. The molecule has 10 heteroatoms. The van der Waals surface area contributed by atoms with Gasteiger partial charge in [-0.15, -0.1) is 0 Å². The fourth-order valence-electron chi connectivity index (χ4n) is 4.18. The van der Waals surface area contributed by atoms with E-state index in [4.69, 9.17) is 0 Å². The summed E-state index contributed by atoms with van der Waals surface area (Å²) >= 11 is 0. The van der Waals surface area contributed by atoms with Crippen LogP contribution in [0.2, 0.25) is 0 Å². The van der Waals surface area contributed by atoms with Crippen LogP contribution in [0.4, 0.5) is 0 Å². The van der Waals surface area contributed by atoms with Crippen LogP contribution in [0.25, 0.3) is 0 Å². The predicted octanol–water partition coefficient (Wildman–Crippen LogP) is 2.33. The third-order valence-corrected chi connectivity index (χ3v) is 4.61. The van der Waals surface area contributed by atoms with E-state index in [9.17, 15) is 28.8 Å². The Morgan fingerprint density at radius 2 is 0.528 bits per heavy atom. The van der Waals surface area contributed by atoms with Crippen molar-refractivity contribution in [1.82, 2.24) is 21.3 Å². The number of Topliss-reactive ketones (excluding diaryl/α,β-unsaturated/α-hetero) is 2. The summed E-state index contributed by atoms with van der Waals surface area (Å²) in [4.78, 5) is 67.8. The molecule has 0 unspecified atom stereocenters. The van der Waals surface area contributed by atoms with Gasteiger partial charge in [0.2, 0.25) is 23.6 Å². The van der Waals surface area contributed by atoms with Gasteiger partial charge in [0, 0.05) is 75.5 Å². The highest BCUT2D eigenvalue weighted by molar-refractivity contribution is 5.84. The number of rotatable bonds is 12. The van der Waals surface area contributed by atoms with E-state index in [1.165, 1.54) is 27.7 Å². The van der Waals surface area contributed by atoms with E-state index in [-0.39, 0.29) is 60.9 Å². The molecule has 0 aliphatic rings. The Hall–Kier alpha value is -2.78. The number of hydrogen-bond donors (Lipinski definition) is 4. The lowest BCUT2D eigenvalue weighted by atomic mass is 9.90. The number of ketones is 2. The number of hydrogen-bond acceptors (Lipinski definition) is 6. The van der Waals surface area contributed by atoms with Crippen LogP contribution >= 0.6 is 0 Å². The van der Waals surface area contributed by atoms with Gasteiger partial charge in [-0.25, -0.2) is 0 Å². The molecule has 4 amide bonds. The van der Waals surface area contributed by atoms with Gasteiger partial charge in [-0.1, -0.05) is 0 Å². The van der Waals surface area contributed by atoms with Crippen LogP contribution in [0.5, 0.6) is 0 Å². The van der Waals surface area contributed by atoms with E-state index in [0.29, 0.717) is 0 Å². The molecule has 0 aromatic carbocycles. The topological polar surface area (TPSA) is 151 Å². The summed E-state index contributed by atoms with van der Waals surface area (Å²) in [5, 5.41) is 10.9. The van der Waals surface area contributed by atoms with E-state index in [0.717, 1.165) is 0 Å². The van der Waals surface area contributed by atoms with Gasteiger partial charge < -0.3 is 21.3 Å². The quantitative estimate of drug-likeness (QED) is 0.315. The van der Waals surface area contributed by atoms with Crippen molar-refractivity contribution in [2.24, 2.45) is 0 Å². The maximum atomic E-state index is 11.9. The molecule has 0 saturated carbocycles. The number of carbonyl (C=O) groups is 6. The molecule has 0 saturated heterocycles.